The zero-order chi connectivity index (χ0) is 12.6. The SMILES string of the molecule is CCNC(C)(C)c1nc2cc(C)c(C)cc2[nH]1. The molecule has 3 nitrogen and oxygen atoms in total. The van der Waals surface area contributed by atoms with E-state index in [4.69, 9.17) is 0 Å². The Morgan fingerprint density at radius 2 is 1.88 bits per heavy atom. The number of nitrogens with one attached hydrogen (secondary N) is 2. The van der Waals surface area contributed by atoms with E-state index in [1.54, 1.807) is 0 Å². The lowest BCUT2D eigenvalue weighted by molar-refractivity contribution is 0.395. The van der Waals surface area contributed by atoms with Crippen LogP contribution in [0.15, 0.2) is 12.1 Å². The third kappa shape index (κ3) is 2.20. The van der Waals surface area contributed by atoms with Gasteiger partial charge in [0.2, 0.25) is 0 Å². The predicted molar refractivity (Wildman–Crippen MR) is 72.3 cm³/mol. The molecule has 2 N–H and O–H groups in total. The first-order chi connectivity index (χ1) is 7.94. The van der Waals surface area contributed by atoms with Crippen LogP contribution in [0.5, 0.6) is 0 Å². The molecule has 0 spiro atoms. The monoisotopic (exact) mass is 231 g/mol. The van der Waals surface area contributed by atoms with Gasteiger partial charge in [0.15, 0.2) is 0 Å². The van der Waals surface area contributed by atoms with Gasteiger partial charge in [-0.05, 0) is 57.5 Å². The van der Waals surface area contributed by atoms with Crippen molar-refractivity contribution in [3.63, 3.8) is 0 Å². The number of fused-ring (bicyclic) bond motifs is 1. The van der Waals surface area contributed by atoms with Crippen LogP contribution in [0, 0.1) is 13.8 Å². The average Bonchev–Trinajstić information content (AvgIpc) is 2.62. The zero-order valence-corrected chi connectivity index (χ0v) is 11.3. The minimum atomic E-state index is -0.115. The summed E-state index contributed by atoms with van der Waals surface area (Å²) in [5.41, 5.74) is 4.64. The minimum absolute atomic E-state index is 0.115. The molecule has 17 heavy (non-hydrogen) atoms. The van der Waals surface area contributed by atoms with E-state index in [0.717, 1.165) is 23.4 Å². The van der Waals surface area contributed by atoms with Crippen molar-refractivity contribution >= 4 is 11.0 Å². The van der Waals surface area contributed by atoms with Crippen molar-refractivity contribution in [3.05, 3.63) is 29.1 Å². The smallest absolute Gasteiger partial charge is 0.127 e. The first-order valence-electron chi connectivity index (χ1n) is 6.16. The average molecular weight is 231 g/mol. The lowest BCUT2D eigenvalue weighted by Crippen LogP contribution is -2.37. The van der Waals surface area contributed by atoms with Crippen molar-refractivity contribution in [1.82, 2.24) is 15.3 Å². The Hall–Kier alpha value is -1.35. The normalized spacial score (nSPS) is 12.3. The van der Waals surface area contributed by atoms with E-state index in [1.807, 2.05) is 0 Å². The quantitative estimate of drug-likeness (QED) is 0.852. The van der Waals surface area contributed by atoms with Crippen LogP contribution in [-0.4, -0.2) is 16.5 Å². The molecule has 1 aromatic heterocycles. The van der Waals surface area contributed by atoms with Crippen molar-refractivity contribution in [3.8, 4) is 0 Å². The molecule has 0 aliphatic rings. The number of hydrogen-bond acceptors (Lipinski definition) is 2. The first kappa shape index (κ1) is 12.1. The molecular weight excluding hydrogens is 210 g/mol. The Morgan fingerprint density at radius 3 is 2.53 bits per heavy atom. The molecule has 0 radical (unpaired) electrons. The fraction of sp³-hybridized carbons (Fsp3) is 0.500. The topological polar surface area (TPSA) is 40.7 Å². The second-order valence-corrected chi connectivity index (χ2v) is 5.19. The molecule has 3 heteroatoms. The van der Waals surface area contributed by atoms with Crippen molar-refractivity contribution < 1.29 is 0 Å². The molecule has 0 saturated carbocycles. The zero-order valence-electron chi connectivity index (χ0n) is 11.3. The summed E-state index contributed by atoms with van der Waals surface area (Å²) in [7, 11) is 0. The maximum absolute atomic E-state index is 4.69. The number of aromatic amines is 1. The standard InChI is InChI=1S/C14H21N3/c1-6-15-14(4,5)13-16-11-7-9(2)10(3)8-12(11)17-13/h7-8,15H,6H2,1-5H3,(H,16,17). The predicted octanol–water partition coefficient (Wildman–Crippen LogP) is 3.02. The number of aryl methyl sites for hydroxylation is 2. The second-order valence-electron chi connectivity index (χ2n) is 5.19. The van der Waals surface area contributed by atoms with Gasteiger partial charge in [-0.15, -0.1) is 0 Å². The van der Waals surface area contributed by atoms with Gasteiger partial charge in [-0.1, -0.05) is 6.92 Å². The van der Waals surface area contributed by atoms with Crippen molar-refractivity contribution in [2.24, 2.45) is 0 Å². The van der Waals surface area contributed by atoms with Crippen molar-refractivity contribution in [2.75, 3.05) is 6.54 Å². The van der Waals surface area contributed by atoms with Gasteiger partial charge in [0.1, 0.15) is 5.82 Å². The van der Waals surface area contributed by atoms with E-state index in [-0.39, 0.29) is 5.54 Å². The van der Waals surface area contributed by atoms with E-state index in [0.29, 0.717) is 0 Å². The number of hydrogen-bond donors (Lipinski definition) is 2. The number of imidazole rings is 1. The number of aromatic nitrogens is 2. The molecule has 0 amide bonds. The lowest BCUT2D eigenvalue weighted by Gasteiger charge is -2.22. The maximum Gasteiger partial charge on any atom is 0.127 e. The highest BCUT2D eigenvalue weighted by Gasteiger charge is 2.22. The van der Waals surface area contributed by atoms with Crippen LogP contribution >= 0.6 is 0 Å². The Kier molecular flexibility index (Phi) is 2.96. The van der Waals surface area contributed by atoms with Crippen LogP contribution in [0.2, 0.25) is 0 Å². The van der Waals surface area contributed by atoms with Gasteiger partial charge in [-0.25, -0.2) is 4.98 Å². The molecule has 0 unspecified atom stereocenters. The summed E-state index contributed by atoms with van der Waals surface area (Å²) in [6.07, 6.45) is 0. The van der Waals surface area contributed by atoms with Gasteiger partial charge >= 0.3 is 0 Å². The molecule has 1 heterocycles. The largest absolute Gasteiger partial charge is 0.340 e. The number of rotatable bonds is 3. The second kappa shape index (κ2) is 4.15. The Bertz CT molecular complexity index is 499. The highest BCUT2D eigenvalue weighted by Crippen LogP contribution is 2.22. The molecule has 1 aromatic carbocycles. The van der Waals surface area contributed by atoms with Crippen LogP contribution in [0.3, 0.4) is 0 Å². The Labute approximate surface area is 103 Å². The Balaban J connectivity index is 2.51. The number of H-pyrrole nitrogens is 1. The van der Waals surface area contributed by atoms with Crippen molar-refractivity contribution in [2.45, 2.75) is 40.2 Å². The number of nitrogens with zero attached hydrogens (tertiary/aromatic N) is 1. The summed E-state index contributed by atoms with van der Waals surface area (Å²) in [6.45, 7) is 11.6. The van der Waals surface area contributed by atoms with Gasteiger partial charge < -0.3 is 10.3 Å². The molecular formula is C14H21N3. The number of benzene rings is 1. The fourth-order valence-corrected chi connectivity index (χ4v) is 2.09. The maximum atomic E-state index is 4.69. The molecule has 0 fully saturated rings. The molecule has 92 valence electrons. The molecule has 0 saturated heterocycles. The molecule has 2 rings (SSSR count). The van der Waals surface area contributed by atoms with Crippen molar-refractivity contribution in [1.29, 1.82) is 0 Å². The van der Waals surface area contributed by atoms with Gasteiger partial charge in [0.25, 0.3) is 0 Å². The van der Waals surface area contributed by atoms with Gasteiger partial charge in [0.05, 0.1) is 16.6 Å². The highest BCUT2D eigenvalue weighted by molar-refractivity contribution is 5.77. The molecule has 0 atom stereocenters. The lowest BCUT2D eigenvalue weighted by atomic mass is 10.1. The third-order valence-electron chi connectivity index (χ3n) is 3.31. The molecule has 0 bridgehead atoms. The summed E-state index contributed by atoms with van der Waals surface area (Å²) in [5.74, 6) is 0.999. The minimum Gasteiger partial charge on any atom is -0.340 e. The summed E-state index contributed by atoms with van der Waals surface area (Å²) >= 11 is 0. The summed E-state index contributed by atoms with van der Waals surface area (Å²) in [4.78, 5) is 8.10. The van der Waals surface area contributed by atoms with Gasteiger partial charge in [-0.2, -0.15) is 0 Å². The van der Waals surface area contributed by atoms with E-state index >= 15 is 0 Å². The van der Waals surface area contributed by atoms with Gasteiger partial charge in [-0.3, -0.25) is 0 Å². The van der Waals surface area contributed by atoms with E-state index in [1.165, 1.54) is 11.1 Å². The van der Waals surface area contributed by atoms with Crippen LogP contribution < -0.4 is 5.32 Å². The summed E-state index contributed by atoms with van der Waals surface area (Å²) in [5, 5.41) is 3.43. The van der Waals surface area contributed by atoms with Gasteiger partial charge in [0, 0.05) is 0 Å². The van der Waals surface area contributed by atoms with Crippen LogP contribution in [0.4, 0.5) is 0 Å². The fourth-order valence-electron chi connectivity index (χ4n) is 2.09. The summed E-state index contributed by atoms with van der Waals surface area (Å²) in [6, 6.07) is 4.32. The first-order valence-corrected chi connectivity index (χ1v) is 6.16. The van der Waals surface area contributed by atoms with E-state index in [9.17, 15) is 0 Å². The highest BCUT2D eigenvalue weighted by atomic mass is 15.1. The van der Waals surface area contributed by atoms with E-state index in [2.05, 4.69) is 62.0 Å². The third-order valence-corrected chi connectivity index (χ3v) is 3.31. The van der Waals surface area contributed by atoms with E-state index < -0.39 is 0 Å². The summed E-state index contributed by atoms with van der Waals surface area (Å²) < 4.78 is 0. The van der Waals surface area contributed by atoms with Crippen LogP contribution in [0.25, 0.3) is 11.0 Å². The Morgan fingerprint density at radius 1 is 1.24 bits per heavy atom. The van der Waals surface area contributed by atoms with Crippen LogP contribution in [0.1, 0.15) is 37.7 Å². The molecule has 2 aromatic rings. The molecule has 0 aliphatic carbocycles. The van der Waals surface area contributed by atoms with Crippen LogP contribution in [-0.2, 0) is 5.54 Å². The molecule has 0 aliphatic heterocycles.